The molecule has 0 unspecified atom stereocenters. The van der Waals surface area contributed by atoms with Crippen LogP contribution in [0.4, 0.5) is 0 Å². The maximum Gasteiger partial charge on any atom is 0.114 e. The number of fused-ring (bicyclic) bond motifs is 3. The molecule has 0 aliphatic carbocycles. The van der Waals surface area contributed by atoms with Crippen LogP contribution in [0.1, 0.15) is 151 Å². The molecule has 12 aromatic heterocycles. The van der Waals surface area contributed by atoms with Crippen LogP contribution in [0.25, 0.3) is 156 Å². The molecule has 0 fully saturated rings. The lowest BCUT2D eigenvalue weighted by Gasteiger charge is -2.08. The Morgan fingerprint density at radius 3 is 0.647 bits per heavy atom. The lowest BCUT2D eigenvalue weighted by Crippen LogP contribution is -1.82. The molecular weight excluding hydrogens is 1480 g/mol. The number of nitrogens with zero attached hydrogens (tertiary/aromatic N) is 6. The normalized spacial score (nSPS) is 11.9. The molecule has 4 aromatic carbocycles. The molecule has 0 spiro atoms. The molecule has 16 aromatic rings. The maximum absolute atomic E-state index is 5.01. The van der Waals surface area contributed by atoms with Crippen LogP contribution in [-0.2, 0) is 19.3 Å². The number of benzene rings is 4. The van der Waals surface area contributed by atoms with Crippen molar-refractivity contribution in [2.24, 2.45) is 0 Å². The first-order valence-corrected chi connectivity index (χ1v) is 45.7. The van der Waals surface area contributed by atoms with E-state index >= 15 is 0 Å². The van der Waals surface area contributed by atoms with Crippen molar-refractivity contribution in [1.29, 1.82) is 0 Å². The van der Waals surface area contributed by atoms with E-state index in [1.54, 1.807) is 0 Å². The highest BCUT2D eigenvalue weighted by Crippen LogP contribution is 2.50. The Hall–Kier alpha value is -6.36. The second kappa shape index (κ2) is 33.0. The zero-order valence-corrected chi connectivity index (χ0v) is 67.3. The molecule has 0 N–H and O–H groups in total. The maximum atomic E-state index is 5.01. The van der Waals surface area contributed by atoms with Gasteiger partial charge in [0.05, 0.1) is 35.2 Å². The molecule has 0 radical (unpaired) electrons. The van der Waals surface area contributed by atoms with Crippen molar-refractivity contribution >= 4 is 170 Å². The van der Waals surface area contributed by atoms with E-state index in [9.17, 15) is 0 Å². The second-order valence-corrected chi connectivity index (χ2v) is 38.1. The third-order valence-electron chi connectivity index (χ3n) is 19.3. The summed E-state index contributed by atoms with van der Waals surface area (Å²) >= 11 is 20.8. The van der Waals surface area contributed by atoms with Gasteiger partial charge in [-0.1, -0.05) is 153 Å². The van der Waals surface area contributed by atoms with Crippen molar-refractivity contribution in [3.8, 4) is 123 Å². The second-order valence-electron chi connectivity index (χ2n) is 26.5. The van der Waals surface area contributed by atoms with Crippen LogP contribution in [0.5, 0.6) is 0 Å². The van der Waals surface area contributed by atoms with Gasteiger partial charge in [0.2, 0.25) is 0 Å². The smallest absolute Gasteiger partial charge is 0.114 e. The van der Waals surface area contributed by atoms with Gasteiger partial charge in [-0.2, -0.15) is 26.2 Å². The molecule has 102 heavy (non-hydrogen) atoms. The predicted octanol–water partition coefficient (Wildman–Crippen LogP) is 31.0. The Kier molecular flexibility index (Phi) is 22.6. The van der Waals surface area contributed by atoms with Crippen molar-refractivity contribution in [1.82, 2.24) is 26.2 Å². The van der Waals surface area contributed by atoms with Crippen LogP contribution >= 0.6 is 137 Å². The van der Waals surface area contributed by atoms with Gasteiger partial charge in [0, 0.05) is 121 Å². The molecule has 516 valence electrons. The van der Waals surface area contributed by atoms with E-state index in [2.05, 4.69) is 185 Å². The molecule has 0 aliphatic heterocycles. The van der Waals surface area contributed by atoms with Crippen LogP contribution in [0, 0.1) is 0 Å². The van der Waals surface area contributed by atoms with E-state index in [4.69, 9.17) is 26.2 Å². The van der Waals surface area contributed by atoms with Gasteiger partial charge < -0.3 is 0 Å². The Bertz CT molecular complexity index is 4920. The Balaban J connectivity index is 0.687. The van der Waals surface area contributed by atoms with E-state index in [0.717, 1.165) is 66.5 Å². The summed E-state index contributed by atoms with van der Waals surface area (Å²) in [5.41, 5.74) is 16.0. The number of hydrogen-bond donors (Lipinski definition) is 0. The molecule has 12 heterocycles. The third-order valence-corrected chi connectivity index (χ3v) is 31.8. The van der Waals surface area contributed by atoms with Crippen LogP contribution in [-0.4, -0.2) is 26.2 Å². The van der Waals surface area contributed by atoms with Gasteiger partial charge in [0.25, 0.3) is 0 Å². The van der Waals surface area contributed by atoms with Crippen LogP contribution < -0.4 is 0 Å². The number of aromatic nitrogens is 6. The minimum absolute atomic E-state index is 0.955. The van der Waals surface area contributed by atoms with Gasteiger partial charge >= 0.3 is 0 Å². The minimum Gasteiger partial charge on any atom is -0.172 e. The fourth-order valence-electron chi connectivity index (χ4n) is 13.8. The molecule has 0 saturated heterocycles. The Morgan fingerprint density at radius 2 is 0.392 bits per heavy atom. The van der Waals surface area contributed by atoms with Gasteiger partial charge in [-0.05, 0) is 183 Å². The molecule has 0 saturated carbocycles. The summed E-state index contributed by atoms with van der Waals surface area (Å²) in [6.45, 7) is 6.87. The predicted molar refractivity (Wildman–Crippen MR) is 457 cm³/mol. The lowest BCUT2D eigenvalue weighted by atomic mass is 10.0. The summed E-state index contributed by atoms with van der Waals surface area (Å²) in [7, 11) is 0. The van der Waals surface area contributed by atoms with E-state index < -0.39 is 0 Å². The van der Waals surface area contributed by atoms with Gasteiger partial charge in [-0.15, -0.1) is 102 Å². The van der Waals surface area contributed by atoms with Crippen molar-refractivity contribution in [3.05, 3.63) is 178 Å². The lowest BCUT2D eigenvalue weighted by molar-refractivity contribution is 0.609. The number of hydrogen-bond acceptors (Lipinski definition) is 18. The number of thiophene rings is 9. The molecular formula is C84H78N6S12. The molecule has 18 heteroatoms. The number of rotatable bonds is 33. The number of unbranched alkanes of at least 4 members (excludes halogenated alkanes) is 15. The Morgan fingerprint density at radius 1 is 0.196 bits per heavy atom. The summed E-state index contributed by atoms with van der Waals surface area (Å²) in [5, 5.41) is 0. The van der Waals surface area contributed by atoms with E-state index in [-0.39, 0.29) is 0 Å². The molecule has 0 bridgehead atoms. The summed E-state index contributed by atoms with van der Waals surface area (Å²) < 4.78 is 30.0. The van der Waals surface area contributed by atoms with Gasteiger partial charge in [-0.3, -0.25) is 0 Å². The largest absolute Gasteiger partial charge is 0.172 e. The summed E-state index contributed by atoms with van der Waals surface area (Å²) in [4.78, 5) is 23.2. The molecule has 0 aliphatic rings. The highest BCUT2D eigenvalue weighted by atomic mass is 32.1. The topological polar surface area (TPSA) is 77.3 Å². The molecule has 16 rings (SSSR count). The van der Waals surface area contributed by atoms with E-state index in [0.29, 0.717) is 0 Å². The highest BCUT2D eigenvalue weighted by molar-refractivity contribution is 7.25. The fourth-order valence-corrected chi connectivity index (χ4v) is 25.1. The van der Waals surface area contributed by atoms with Crippen molar-refractivity contribution in [2.75, 3.05) is 0 Å². The van der Waals surface area contributed by atoms with Crippen LogP contribution in [0.15, 0.2) is 164 Å². The SMILES string of the molecule is CCCCCCCCc1ccc(-c2ccc(-c3ccc(-c4ccc(-c5cc(-c6ccc(-c7ccc(-c8ccc(-c9ccc(CCCCCCCC)s9)s8)c8nsnc78)s6)cc(-c6ccc(-c7ccc(-c8ccc(-c9ccc(CCCCCCCC)s9)s8)c8nsnc78)s6)c5)s4)c4nsnc34)s2)s1. The summed E-state index contributed by atoms with van der Waals surface area (Å²) in [6.07, 6.45) is 27.3. The summed E-state index contributed by atoms with van der Waals surface area (Å²) in [5.74, 6) is 0. The first kappa shape index (κ1) is 70.0. The molecule has 6 nitrogen and oxygen atoms in total. The van der Waals surface area contributed by atoms with Crippen molar-refractivity contribution in [3.63, 3.8) is 0 Å². The standard InChI is InChI=1S/C84H78N6S12/c1-4-7-10-13-16-19-22-55-25-34-73(91-55)76-46-43-70(97-76)61-31-28-58(79-82(61)88-100-85-79)67-40-37-64(94-67)52-49-53(65-38-41-68(95-65)59-29-32-62(83-80(59)86-101-89-83)71-44-47-77(98-71)74-35-26-56(92-74)23-20-17-14-11-8-5-2)51-54(50-52)66-39-42-69(96-66)60-30-33-63(84-81(60)87-102-90-84)72-45-48-78(99-72)75-36-27-57(93-75)24-21-18-15-12-9-6-3/h25-51H,4-24H2,1-3H3. The van der Waals surface area contributed by atoms with Crippen LogP contribution in [0.3, 0.4) is 0 Å². The minimum atomic E-state index is 0.955. The van der Waals surface area contributed by atoms with E-state index in [1.807, 2.05) is 102 Å². The van der Waals surface area contributed by atoms with Gasteiger partial charge in [-0.25, -0.2) is 0 Å². The zero-order valence-electron chi connectivity index (χ0n) is 57.5. The zero-order chi connectivity index (χ0) is 68.7. The van der Waals surface area contributed by atoms with E-state index in [1.165, 1.54) is 275 Å². The van der Waals surface area contributed by atoms with Crippen molar-refractivity contribution in [2.45, 2.75) is 156 Å². The van der Waals surface area contributed by atoms with Crippen LogP contribution in [0.2, 0.25) is 0 Å². The number of aryl methyl sites for hydroxylation is 3. The molecule has 0 amide bonds. The Labute approximate surface area is 647 Å². The first-order valence-electron chi connectivity index (χ1n) is 36.2. The quantitative estimate of drug-likeness (QED) is 0.0382. The fraction of sp³-hybridized carbons (Fsp3) is 0.286. The molecule has 0 atom stereocenters. The van der Waals surface area contributed by atoms with Gasteiger partial charge in [0.15, 0.2) is 0 Å². The highest BCUT2D eigenvalue weighted by Gasteiger charge is 2.23. The monoisotopic (exact) mass is 1550 g/mol. The van der Waals surface area contributed by atoms with Crippen molar-refractivity contribution < 1.29 is 0 Å². The van der Waals surface area contributed by atoms with Gasteiger partial charge in [0.1, 0.15) is 33.1 Å². The average Bonchev–Trinajstić information content (AvgIpc) is 1.61. The third kappa shape index (κ3) is 15.5. The summed E-state index contributed by atoms with van der Waals surface area (Å²) in [6, 6.07) is 62.2. The first-order chi connectivity index (χ1) is 50.4. The average molecular weight is 1560 g/mol.